The maximum Gasteiger partial charge on any atom is 0.121 e. The Kier molecular flexibility index (Phi) is 4.49. The summed E-state index contributed by atoms with van der Waals surface area (Å²) in [7, 11) is 0. The van der Waals surface area contributed by atoms with Crippen molar-refractivity contribution in [1.29, 1.82) is 5.26 Å². The van der Waals surface area contributed by atoms with E-state index in [0.717, 1.165) is 24.5 Å². The van der Waals surface area contributed by atoms with E-state index in [1.54, 1.807) is 12.1 Å². The van der Waals surface area contributed by atoms with Gasteiger partial charge in [0.25, 0.3) is 0 Å². The number of hydrogen-bond donors (Lipinski definition) is 0. The van der Waals surface area contributed by atoms with Gasteiger partial charge in [-0.25, -0.2) is 0 Å². The van der Waals surface area contributed by atoms with E-state index in [1.807, 2.05) is 6.07 Å². The summed E-state index contributed by atoms with van der Waals surface area (Å²) < 4.78 is 5.97. The summed E-state index contributed by atoms with van der Waals surface area (Å²) in [6.45, 7) is 2.24. The zero-order valence-corrected chi connectivity index (χ0v) is 11.4. The molecule has 2 rings (SSSR count). The largest absolute Gasteiger partial charge is 0.490 e. The number of ether oxygens (including phenoxy) is 1. The molecule has 0 amide bonds. The topological polar surface area (TPSA) is 33.0 Å². The van der Waals surface area contributed by atoms with Gasteiger partial charge in [0.15, 0.2) is 0 Å². The minimum absolute atomic E-state index is 0.299. The van der Waals surface area contributed by atoms with Gasteiger partial charge in [0.1, 0.15) is 11.8 Å². The molecule has 1 aromatic rings. The van der Waals surface area contributed by atoms with Gasteiger partial charge in [0, 0.05) is 6.07 Å². The first-order chi connectivity index (χ1) is 8.72. The van der Waals surface area contributed by atoms with Gasteiger partial charge in [0.2, 0.25) is 0 Å². The molecule has 0 N–H and O–H groups in total. The van der Waals surface area contributed by atoms with Gasteiger partial charge in [-0.05, 0) is 37.3 Å². The highest BCUT2D eigenvalue weighted by atomic mass is 35.5. The van der Waals surface area contributed by atoms with Crippen LogP contribution in [0.4, 0.5) is 0 Å². The lowest BCUT2D eigenvalue weighted by atomic mass is 9.85. The molecule has 0 aromatic heterocycles. The molecule has 0 spiro atoms. The lowest BCUT2D eigenvalue weighted by molar-refractivity contribution is 0.122. The van der Waals surface area contributed by atoms with Crippen molar-refractivity contribution in [1.82, 2.24) is 0 Å². The predicted octanol–water partition coefficient (Wildman–Crippen LogP) is 4.56. The molecule has 18 heavy (non-hydrogen) atoms. The van der Waals surface area contributed by atoms with E-state index in [2.05, 4.69) is 13.0 Å². The Morgan fingerprint density at radius 3 is 2.94 bits per heavy atom. The molecule has 1 fully saturated rings. The lowest BCUT2D eigenvalue weighted by Crippen LogP contribution is -2.25. The summed E-state index contributed by atoms with van der Waals surface area (Å²) in [6, 6.07) is 7.35. The van der Waals surface area contributed by atoms with Crippen molar-refractivity contribution in [2.24, 2.45) is 5.92 Å². The molecule has 0 radical (unpaired) electrons. The summed E-state index contributed by atoms with van der Waals surface area (Å²) in [5, 5.41) is 9.29. The Hall–Kier alpha value is -1.20. The maximum atomic E-state index is 8.82. The Morgan fingerprint density at radius 2 is 2.28 bits per heavy atom. The smallest absolute Gasteiger partial charge is 0.121 e. The molecule has 0 aliphatic heterocycles. The quantitative estimate of drug-likeness (QED) is 0.801. The number of nitriles is 1. The van der Waals surface area contributed by atoms with Crippen molar-refractivity contribution in [2.75, 3.05) is 0 Å². The van der Waals surface area contributed by atoms with Gasteiger partial charge in [0.05, 0.1) is 16.7 Å². The summed E-state index contributed by atoms with van der Waals surface area (Å²) >= 11 is 6.00. The monoisotopic (exact) mass is 263 g/mol. The molecule has 0 heterocycles. The third kappa shape index (κ3) is 3.17. The van der Waals surface area contributed by atoms with Crippen LogP contribution < -0.4 is 4.74 Å². The summed E-state index contributed by atoms with van der Waals surface area (Å²) in [4.78, 5) is 0. The average Bonchev–Trinajstić information content (AvgIpc) is 2.39. The molecule has 1 saturated carbocycles. The molecule has 0 bridgehead atoms. The summed E-state index contributed by atoms with van der Waals surface area (Å²) in [5.74, 6) is 1.57. The van der Waals surface area contributed by atoms with Crippen molar-refractivity contribution < 1.29 is 4.74 Å². The van der Waals surface area contributed by atoms with Gasteiger partial charge in [-0.15, -0.1) is 0 Å². The fraction of sp³-hybridized carbons (Fsp3) is 0.533. The predicted molar refractivity (Wildman–Crippen MR) is 72.8 cm³/mol. The van der Waals surface area contributed by atoms with Crippen LogP contribution in [0, 0.1) is 17.2 Å². The molecule has 1 aliphatic carbocycles. The van der Waals surface area contributed by atoms with Crippen molar-refractivity contribution in [3.63, 3.8) is 0 Å². The SMILES string of the molecule is CCC1CCCC(Oc2ccc(C#N)c(Cl)c2)C1. The Labute approximate surface area is 114 Å². The third-order valence-corrected chi connectivity index (χ3v) is 3.99. The van der Waals surface area contributed by atoms with E-state index >= 15 is 0 Å². The van der Waals surface area contributed by atoms with Crippen LogP contribution in [0.3, 0.4) is 0 Å². The lowest BCUT2D eigenvalue weighted by Gasteiger charge is -2.29. The van der Waals surface area contributed by atoms with Gasteiger partial charge in [-0.1, -0.05) is 31.4 Å². The molecule has 2 nitrogen and oxygen atoms in total. The molecule has 1 aromatic carbocycles. The molecular formula is C15H18ClNO. The second-order valence-corrected chi connectivity index (χ2v) is 5.34. The van der Waals surface area contributed by atoms with Gasteiger partial charge < -0.3 is 4.74 Å². The Morgan fingerprint density at radius 1 is 1.44 bits per heavy atom. The molecule has 2 atom stereocenters. The van der Waals surface area contributed by atoms with Crippen LogP contribution in [0.1, 0.15) is 44.6 Å². The first kappa shape index (κ1) is 13.2. The van der Waals surface area contributed by atoms with Gasteiger partial charge in [-0.2, -0.15) is 5.26 Å². The minimum atomic E-state index is 0.299. The van der Waals surface area contributed by atoms with Gasteiger partial charge in [-0.3, -0.25) is 0 Å². The summed E-state index contributed by atoms with van der Waals surface area (Å²) in [6.07, 6.45) is 6.35. The molecule has 0 saturated heterocycles. The Bertz CT molecular complexity index is 452. The molecule has 96 valence electrons. The normalized spacial score (nSPS) is 23.4. The maximum absolute atomic E-state index is 8.82. The van der Waals surface area contributed by atoms with Crippen LogP contribution in [-0.4, -0.2) is 6.10 Å². The van der Waals surface area contributed by atoms with E-state index < -0.39 is 0 Å². The molecule has 2 unspecified atom stereocenters. The highest BCUT2D eigenvalue weighted by molar-refractivity contribution is 6.31. The van der Waals surface area contributed by atoms with E-state index in [-0.39, 0.29) is 0 Å². The molecular weight excluding hydrogens is 246 g/mol. The first-order valence-electron chi connectivity index (χ1n) is 6.59. The zero-order chi connectivity index (χ0) is 13.0. The fourth-order valence-electron chi connectivity index (χ4n) is 2.57. The number of halogens is 1. The van der Waals surface area contributed by atoms with E-state index in [0.29, 0.717) is 16.7 Å². The standard InChI is InChI=1S/C15H18ClNO/c1-2-11-4-3-5-13(8-11)18-14-7-6-12(10-17)15(16)9-14/h6-7,9,11,13H,2-5,8H2,1H3. The number of hydrogen-bond acceptors (Lipinski definition) is 2. The first-order valence-corrected chi connectivity index (χ1v) is 6.97. The van der Waals surface area contributed by atoms with Crippen LogP contribution >= 0.6 is 11.6 Å². The van der Waals surface area contributed by atoms with Crippen molar-refractivity contribution >= 4 is 11.6 Å². The number of benzene rings is 1. The van der Waals surface area contributed by atoms with Gasteiger partial charge >= 0.3 is 0 Å². The van der Waals surface area contributed by atoms with Crippen LogP contribution in [-0.2, 0) is 0 Å². The van der Waals surface area contributed by atoms with E-state index in [4.69, 9.17) is 21.6 Å². The highest BCUT2D eigenvalue weighted by Crippen LogP contribution is 2.30. The third-order valence-electron chi connectivity index (χ3n) is 3.68. The second kappa shape index (κ2) is 6.11. The van der Waals surface area contributed by atoms with Crippen molar-refractivity contribution in [3.8, 4) is 11.8 Å². The van der Waals surface area contributed by atoms with Crippen LogP contribution in [0.15, 0.2) is 18.2 Å². The second-order valence-electron chi connectivity index (χ2n) is 4.93. The molecule has 3 heteroatoms. The highest BCUT2D eigenvalue weighted by Gasteiger charge is 2.22. The van der Waals surface area contributed by atoms with E-state index in [1.165, 1.54) is 19.3 Å². The number of nitrogens with zero attached hydrogens (tertiary/aromatic N) is 1. The van der Waals surface area contributed by atoms with Crippen LogP contribution in [0.2, 0.25) is 5.02 Å². The van der Waals surface area contributed by atoms with E-state index in [9.17, 15) is 0 Å². The van der Waals surface area contributed by atoms with Crippen LogP contribution in [0.5, 0.6) is 5.75 Å². The average molecular weight is 264 g/mol. The molecule has 1 aliphatic rings. The van der Waals surface area contributed by atoms with Crippen LogP contribution in [0.25, 0.3) is 0 Å². The minimum Gasteiger partial charge on any atom is -0.490 e. The Balaban J connectivity index is 2.01. The fourth-order valence-corrected chi connectivity index (χ4v) is 2.78. The zero-order valence-electron chi connectivity index (χ0n) is 10.7. The number of rotatable bonds is 3. The van der Waals surface area contributed by atoms with Crippen molar-refractivity contribution in [3.05, 3.63) is 28.8 Å². The summed E-state index contributed by atoms with van der Waals surface area (Å²) in [5.41, 5.74) is 0.499. The van der Waals surface area contributed by atoms with Crippen molar-refractivity contribution in [2.45, 2.75) is 45.1 Å².